The zero-order valence-electron chi connectivity index (χ0n) is 18.6. The number of hydrogen-bond donors (Lipinski definition) is 2. The van der Waals surface area contributed by atoms with Crippen molar-refractivity contribution in [2.45, 2.75) is 26.3 Å². The van der Waals surface area contributed by atoms with Crippen LogP contribution in [-0.2, 0) is 6.54 Å². The molecule has 0 spiro atoms. The maximum absolute atomic E-state index is 12.5. The van der Waals surface area contributed by atoms with E-state index in [-0.39, 0.29) is 11.8 Å². The molecule has 2 heterocycles. The molecule has 4 rings (SSSR count). The lowest BCUT2D eigenvalue weighted by Gasteiger charge is -2.14. The number of para-hydroxylation sites is 2. The van der Waals surface area contributed by atoms with Crippen molar-refractivity contribution in [2.75, 3.05) is 11.1 Å². The number of nitrogens with two attached hydrogens (primary N) is 1. The average Bonchev–Trinajstić information content (AvgIpc) is 2.84. The Labute approximate surface area is 194 Å². The lowest BCUT2D eigenvalue weighted by molar-refractivity contribution is 0.102. The maximum atomic E-state index is 12.5. The molecule has 6 heteroatoms. The first-order chi connectivity index (χ1) is 16.1. The van der Waals surface area contributed by atoms with Gasteiger partial charge < -0.3 is 11.1 Å². The maximum Gasteiger partial charge on any atom is 0.255 e. The van der Waals surface area contributed by atoms with Gasteiger partial charge in [-0.3, -0.25) is 14.8 Å². The van der Waals surface area contributed by atoms with Crippen molar-refractivity contribution in [2.24, 2.45) is 15.9 Å². The molecule has 0 aliphatic carbocycles. The quantitative estimate of drug-likeness (QED) is 0.531. The standard InChI is InChI=1S/C27H27N5O/c1-19-7-2-4-10-24(22-8-6-16-29-18-22)31-26(19)30-17-20-12-14-21(15-13-20)27(33)32-25-11-5-3-9-23(25)28/h3-6,8-16,18-19H,2,7,17,28H2,1H3,(H,32,33)/b10-4-,30-26?,31-24?. The highest BCUT2D eigenvalue weighted by Gasteiger charge is 2.14. The lowest BCUT2D eigenvalue weighted by Crippen LogP contribution is -2.14. The van der Waals surface area contributed by atoms with Gasteiger partial charge in [0.1, 0.15) is 5.84 Å². The number of carbonyl (C=O) groups is 1. The number of anilines is 2. The van der Waals surface area contributed by atoms with Crippen LogP contribution in [0.3, 0.4) is 0 Å². The van der Waals surface area contributed by atoms with Gasteiger partial charge in [0.25, 0.3) is 5.91 Å². The number of nitrogens with zero attached hydrogens (tertiary/aromatic N) is 3. The summed E-state index contributed by atoms with van der Waals surface area (Å²) in [6.07, 6.45) is 9.76. The van der Waals surface area contributed by atoms with Crippen molar-refractivity contribution < 1.29 is 4.79 Å². The Morgan fingerprint density at radius 2 is 1.94 bits per heavy atom. The first-order valence-electron chi connectivity index (χ1n) is 11.0. The fraction of sp³-hybridized carbons (Fsp3) is 0.185. The Hall–Kier alpha value is -4.06. The molecule has 166 valence electrons. The summed E-state index contributed by atoms with van der Waals surface area (Å²) >= 11 is 0. The zero-order valence-corrected chi connectivity index (χ0v) is 18.6. The molecular formula is C27H27N5O. The number of carbonyl (C=O) groups excluding carboxylic acids is 1. The molecule has 0 saturated heterocycles. The third-order valence-electron chi connectivity index (χ3n) is 5.52. The molecule has 1 aliphatic heterocycles. The highest BCUT2D eigenvalue weighted by atomic mass is 16.1. The predicted octanol–water partition coefficient (Wildman–Crippen LogP) is 5.29. The molecule has 6 nitrogen and oxygen atoms in total. The largest absolute Gasteiger partial charge is 0.397 e. The molecule has 0 radical (unpaired) electrons. The lowest BCUT2D eigenvalue weighted by atomic mass is 10.0. The summed E-state index contributed by atoms with van der Waals surface area (Å²) in [6.45, 7) is 2.66. The topological polar surface area (TPSA) is 92.7 Å². The van der Waals surface area contributed by atoms with Crippen LogP contribution in [0.1, 0.15) is 41.3 Å². The minimum absolute atomic E-state index is 0.197. The Kier molecular flexibility index (Phi) is 7.05. The number of amidine groups is 1. The molecule has 3 aromatic rings. The number of benzene rings is 2. The number of nitrogen functional groups attached to an aromatic ring is 1. The number of allylic oxidation sites excluding steroid dienone is 2. The Morgan fingerprint density at radius 3 is 2.70 bits per heavy atom. The van der Waals surface area contributed by atoms with Crippen LogP contribution in [0.4, 0.5) is 11.4 Å². The van der Waals surface area contributed by atoms with Crippen LogP contribution < -0.4 is 11.1 Å². The summed E-state index contributed by atoms with van der Waals surface area (Å²) in [5.74, 6) is 0.888. The minimum Gasteiger partial charge on any atom is -0.397 e. The SMILES string of the molecule is CC1CC/C=C\C(c2cccnc2)=NC1=NCc1ccc(C(=O)Nc2ccccc2N)cc1. The van der Waals surface area contributed by atoms with Crippen molar-refractivity contribution in [1.82, 2.24) is 4.98 Å². The van der Waals surface area contributed by atoms with Gasteiger partial charge in [0.2, 0.25) is 0 Å². The van der Waals surface area contributed by atoms with Crippen LogP contribution in [0.15, 0.2) is 95.2 Å². The fourth-order valence-corrected chi connectivity index (χ4v) is 3.55. The molecule has 1 aromatic heterocycles. The monoisotopic (exact) mass is 437 g/mol. The number of hydrogen-bond acceptors (Lipinski definition) is 4. The molecule has 1 amide bonds. The Balaban J connectivity index is 1.49. The number of pyridine rings is 1. The molecule has 0 saturated carbocycles. The van der Waals surface area contributed by atoms with E-state index in [1.54, 1.807) is 30.5 Å². The predicted molar refractivity (Wildman–Crippen MR) is 135 cm³/mol. The van der Waals surface area contributed by atoms with Crippen molar-refractivity contribution in [1.29, 1.82) is 0 Å². The van der Waals surface area contributed by atoms with E-state index in [1.165, 1.54) is 0 Å². The second-order valence-electron chi connectivity index (χ2n) is 8.03. The second-order valence-corrected chi connectivity index (χ2v) is 8.03. The van der Waals surface area contributed by atoms with Crippen LogP contribution >= 0.6 is 0 Å². The summed E-state index contributed by atoms with van der Waals surface area (Å²) in [5, 5.41) is 2.85. The van der Waals surface area contributed by atoms with Gasteiger partial charge in [0.05, 0.1) is 23.6 Å². The summed E-state index contributed by atoms with van der Waals surface area (Å²) < 4.78 is 0. The number of aliphatic imine (C=N–C) groups is 2. The van der Waals surface area contributed by atoms with E-state index < -0.39 is 0 Å². The van der Waals surface area contributed by atoms with Gasteiger partial charge in [0, 0.05) is 29.4 Å². The van der Waals surface area contributed by atoms with Gasteiger partial charge in [-0.15, -0.1) is 0 Å². The van der Waals surface area contributed by atoms with Gasteiger partial charge in [0.15, 0.2) is 0 Å². The van der Waals surface area contributed by atoms with Crippen molar-refractivity contribution >= 4 is 28.8 Å². The second kappa shape index (κ2) is 10.5. The molecule has 1 atom stereocenters. The molecule has 0 bridgehead atoms. The Morgan fingerprint density at radius 1 is 1.12 bits per heavy atom. The van der Waals surface area contributed by atoms with Gasteiger partial charge in [-0.05, 0) is 60.9 Å². The van der Waals surface area contributed by atoms with Gasteiger partial charge in [-0.25, -0.2) is 4.99 Å². The zero-order chi connectivity index (χ0) is 23.0. The normalized spacial score (nSPS) is 18.2. The molecule has 2 aromatic carbocycles. The molecule has 1 unspecified atom stereocenters. The molecular weight excluding hydrogens is 410 g/mol. The van der Waals surface area contributed by atoms with E-state index >= 15 is 0 Å². The summed E-state index contributed by atoms with van der Waals surface area (Å²) in [5.41, 5.74) is 10.5. The van der Waals surface area contributed by atoms with Crippen LogP contribution in [-0.4, -0.2) is 22.4 Å². The van der Waals surface area contributed by atoms with E-state index in [0.717, 1.165) is 35.5 Å². The molecule has 1 aliphatic rings. The first kappa shape index (κ1) is 22.1. The third-order valence-corrected chi connectivity index (χ3v) is 5.52. The van der Waals surface area contributed by atoms with E-state index in [0.29, 0.717) is 23.5 Å². The molecule has 3 N–H and O–H groups in total. The number of aromatic nitrogens is 1. The number of rotatable bonds is 5. The molecule has 33 heavy (non-hydrogen) atoms. The highest BCUT2D eigenvalue weighted by Crippen LogP contribution is 2.19. The van der Waals surface area contributed by atoms with Crippen LogP contribution in [0, 0.1) is 5.92 Å². The van der Waals surface area contributed by atoms with Crippen LogP contribution in [0.25, 0.3) is 0 Å². The van der Waals surface area contributed by atoms with Crippen molar-refractivity contribution in [3.8, 4) is 0 Å². The first-order valence-corrected chi connectivity index (χ1v) is 11.0. The van der Waals surface area contributed by atoms with Gasteiger partial charge in [-0.2, -0.15) is 0 Å². The van der Waals surface area contributed by atoms with E-state index in [4.69, 9.17) is 15.7 Å². The summed E-state index contributed by atoms with van der Waals surface area (Å²) in [7, 11) is 0. The Bertz CT molecular complexity index is 1200. The number of amides is 1. The van der Waals surface area contributed by atoms with E-state index in [9.17, 15) is 4.79 Å². The summed E-state index contributed by atoms with van der Waals surface area (Å²) in [6, 6.07) is 18.6. The van der Waals surface area contributed by atoms with Crippen molar-refractivity contribution in [3.05, 3.63) is 102 Å². The van der Waals surface area contributed by atoms with Gasteiger partial charge >= 0.3 is 0 Å². The van der Waals surface area contributed by atoms with Crippen molar-refractivity contribution in [3.63, 3.8) is 0 Å². The molecule has 0 fully saturated rings. The fourth-order valence-electron chi connectivity index (χ4n) is 3.55. The number of nitrogens with one attached hydrogen (secondary N) is 1. The van der Waals surface area contributed by atoms with Crippen LogP contribution in [0.2, 0.25) is 0 Å². The van der Waals surface area contributed by atoms with Gasteiger partial charge in [-0.1, -0.05) is 37.3 Å². The highest BCUT2D eigenvalue weighted by molar-refractivity contribution is 6.14. The van der Waals surface area contributed by atoms with E-state index in [1.807, 2.05) is 48.7 Å². The third kappa shape index (κ3) is 5.80. The smallest absolute Gasteiger partial charge is 0.255 e. The average molecular weight is 438 g/mol. The minimum atomic E-state index is -0.197. The van der Waals surface area contributed by atoms with E-state index in [2.05, 4.69) is 23.3 Å². The van der Waals surface area contributed by atoms with Crippen LogP contribution in [0.5, 0.6) is 0 Å². The summed E-state index contributed by atoms with van der Waals surface area (Å²) in [4.78, 5) is 26.4.